The van der Waals surface area contributed by atoms with Gasteiger partial charge in [-0.3, -0.25) is 4.79 Å². The van der Waals surface area contributed by atoms with E-state index in [0.29, 0.717) is 30.3 Å². The minimum absolute atomic E-state index is 0.0496. The number of amides is 1. The summed E-state index contributed by atoms with van der Waals surface area (Å²) in [4.78, 5) is 12.0. The first kappa shape index (κ1) is 17.0. The van der Waals surface area contributed by atoms with Crippen LogP contribution in [0.2, 0.25) is 5.02 Å². The summed E-state index contributed by atoms with van der Waals surface area (Å²) >= 11 is 5.84. The lowest BCUT2D eigenvalue weighted by Crippen LogP contribution is -2.52. The van der Waals surface area contributed by atoms with Crippen LogP contribution in [0.4, 0.5) is 0 Å². The number of hydrogen-bond acceptors (Lipinski definition) is 2. The predicted octanol–water partition coefficient (Wildman–Crippen LogP) is 3.15. The van der Waals surface area contributed by atoms with Gasteiger partial charge in [-0.2, -0.15) is 0 Å². The van der Waals surface area contributed by atoms with Crippen LogP contribution in [0.25, 0.3) is 0 Å². The van der Waals surface area contributed by atoms with Gasteiger partial charge in [-0.15, -0.1) is 0 Å². The quantitative estimate of drug-likeness (QED) is 0.812. The van der Waals surface area contributed by atoms with Gasteiger partial charge in [-0.1, -0.05) is 37.6 Å². The number of benzene rings is 1. The second-order valence-electron chi connectivity index (χ2n) is 6.04. The fourth-order valence-electron chi connectivity index (χ4n) is 2.39. The van der Waals surface area contributed by atoms with E-state index >= 15 is 0 Å². The van der Waals surface area contributed by atoms with E-state index in [2.05, 4.69) is 19.2 Å². The van der Waals surface area contributed by atoms with Crippen molar-refractivity contribution in [1.82, 2.24) is 5.32 Å². The molecule has 3 N–H and O–H groups in total. The number of carbonyl (C=O) groups is 1. The largest absolute Gasteiger partial charge is 0.350 e. The summed E-state index contributed by atoms with van der Waals surface area (Å²) in [6, 6.07) is 7.59. The van der Waals surface area contributed by atoms with Crippen LogP contribution in [0, 0.1) is 5.92 Å². The Morgan fingerprint density at radius 2 is 1.95 bits per heavy atom. The molecule has 0 saturated carbocycles. The molecular formula is C16H25ClN2O. The van der Waals surface area contributed by atoms with Gasteiger partial charge in [-0.25, -0.2) is 0 Å². The highest BCUT2D eigenvalue weighted by molar-refractivity contribution is 6.30. The third kappa shape index (κ3) is 5.93. The normalized spacial score (nSPS) is 14.1. The van der Waals surface area contributed by atoms with E-state index in [9.17, 15) is 4.79 Å². The highest BCUT2D eigenvalue weighted by Crippen LogP contribution is 2.16. The van der Waals surface area contributed by atoms with Gasteiger partial charge in [0.2, 0.25) is 5.91 Å². The van der Waals surface area contributed by atoms with Crippen LogP contribution in [0.3, 0.4) is 0 Å². The zero-order valence-electron chi connectivity index (χ0n) is 12.6. The molecule has 0 aliphatic rings. The second-order valence-corrected chi connectivity index (χ2v) is 6.47. The van der Waals surface area contributed by atoms with Crippen molar-refractivity contribution < 1.29 is 4.79 Å². The molecule has 1 rings (SSSR count). The Morgan fingerprint density at radius 1 is 1.35 bits per heavy atom. The highest BCUT2D eigenvalue weighted by atomic mass is 35.5. The Hall–Kier alpha value is -1.06. The Balaban J connectivity index is 2.48. The van der Waals surface area contributed by atoms with Crippen molar-refractivity contribution in [3.05, 3.63) is 34.9 Å². The molecule has 0 aromatic heterocycles. The van der Waals surface area contributed by atoms with Crippen LogP contribution < -0.4 is 11.1 Å². The van der Waals surface area contributed by atoms with Gasteiger partial charge in [0.1, 0.15) is 0 Å². The molecule has 1 atom stereocenters. The summed E-state index contributed by atoms with van der Waals surface area (Å²) in [7, 11) is 0. The maximum Gasteiger partial charge on any atom is 0.220 e. The highest BCUT2D eigenvalue weighted by Gasteiger charge is 2.25. The van der Waals surface area contributed by atoms with Gasteiger partial charge in [0, 0.05) is 23.5 Å². The molecule has 0 aliphatic heterocycles. The van der Waals surface area contributed by atoms with E-state index < -0.39 is 0 Å². The van der Waals surface area contributed by atoms with E-state index in [1.807, 2.05) is 31.2 Å². The average Bonchev–Trinajstić information content (AvgIpc) is 2.37. The van der Waals surface area contributed by atoms with Crippen LogP contribution in [0.5, 0.6) is 0 Å². The molecule has 0 saturated heterocycles. The lowest BCUT2D eigenvalue weighted by Gasteiger charge is -2.31. The maximum atomic E-state index is 12.0. The van der Waals surface area contributed by atoms with Crippen molar-refractivity contribution in [2.75, 3.05) is 6.54 Å². The van der Waals surface area contributed by atoms with Gasteiger partial charge in [0.15, 0.2) is 0 Å². The van der Waals surface area contributed by atoms with E-state index in [1.54, 1.807) is 0 Å². The van der Waals surface area contributed by atoms with Crippen molar-refractivity contribution in [3.8, 4) is 0 Å². The smallest absolute Gasteiger partial charge is 0.220 e. The molecule has 0 bridgehead atoms. The molecule has 0 aliphatic carbocycles. The lowest BCUT2D eigenvalue weighted by molar-refractivity contribution is -0.122. The van der Waals surface area contributed by atoms with Crippen LogP contribution in [-0.2, 0) is 11.2 Å². The van der Waals surface area contributed by atoms with Crippen LogP contribution in [0.15, 0.2) is 24.3 Å². The summed E-state index contributed by atoms with van der Waals surface area (Å²) in [5.74, 6) is 0.550. The molecule has 0 fully saturated rings. The molecular weight excluding hydrogens is 272 g/mol. The zero-order valence-corrected chi connectivity index (χ0v) is 13.3. The molecule has 1 unspecified atom stereocenters. The first-order valence-electron chi connectivity index (χ1n) is 7.10. The summed E-state index contributed by atoms with van der Waals surface area (Å²) in [5, 5.41) is 3.78. The van der Waals surface area contributed by atoms with Gasteiger partial charge in [0.05, 0.1) is 0 Å². The van der Waals surface area contributed by atoms with Gasteiger partial charge in [0.25, 0.3) is 0 Å². The first-order valence-corrected chi connectivity index (χ1v) is 7.48. The number of nitrogens with one attached hydrogen (secondary N) is 1. The number of hydrogen-bond donors (Lipinski definition) is 2. The molecule has 112 valence electrons. The molecule has 1 aromatic carbocycles. The van der Waals surface area contributed by atoms with Crippen LogP contribution in [-0.4, -0.2) is 18.0 Å². The fraction of sp³-hybridized carbons (Fsp3) is 0.562. The number of halogens is 1. The Kier molecular flexibility index (Phi) is 6.50. The second kappa shape index (κ2) is 7.65. The molecule has 3 nitrogen and oxygen atoms in total. The molecule has 20 heavy (non-hydrogen) atoms. The molecule has 0 radical (unpaired) electrons. The van der Waals surface area contributed by atoms with Crippen molar-refractivity contribution in [2.24, 2.45) is 11.7 Å². The topological polar surface area (TPSA) is 55.1 Å². The summed E-state index contributed by atoms with van der Waals surface area (Å²) in [6.07, 6.45) is 2.07. The minimum Gasteiger partial charge on any atom is -0.350 e. The number of carbonyl (C=O) groups excluding carboxylic acids is 1. The fourth-order valence-corrected chi connectivity index (χ4v) is 2.52. The van der Waals surface area contributed by atoms with Gasteiger partial charge in [-0.05, 0) is 43.4 Å². The number of rotatable bonds is 7. The third-order valence-electron chi connectivity index (χ3n) is 3.30. The third-order valence-corrected chi connectivity index (χ3v) is 3.56. The molecule has 4 heteroatoms. The maximum absolute atomic E-state index is 12.0. The number of aryl methyl sites for hydroxylation is 1. The summed E-state index contributed by atoms with van der Waals surface area (Å²) in [6.45, 7) is 6.73. The van der Waals surface area contributed by atoms with E-state index in [4.69, 9.17) is 17.3 Å². The Bertz CT molecular complexity index is 431. The van der Waals surface area contributed by atoms with Crippen LogP contribution in [0.1, 0.15) is 39.2 Å². The molecule has 0 spiro atoms. The zero-order chi connectivity index (χ0) is 15.2. The van der Waals surface area contributed by atoms with Crippen molar-refractivity contribution in [3.63, 3.8) is 0 Å². The molecule has 1 amide bonds. The number of nitrogens with two attached hydrogens (primary N) is 1. The standard InChI is InChI=1S/C16H25ClN2O/c1-12(2)10-16(3,11-18)19-15(20)9-6-13-4-7-14(17)8-5-13/h4-5,7-8,12H,6,9-11,18H2,1-3H3,(H,19,20). The van der Waals surface area contributed by atoms with Gasteiger partial charge >= 0.3 is 0 Å². The predicted molar refractivity (Wildman–Crippen MR) is 84.8 cm³/mol. The van der Waals surface area contributed by atoms with Gasteiger partial charge < -0.3 is 11.1 Å². The van der Waals surface area contributed by atoms with E-state index in [-0.39, 0.29) is 11.4 Å². The SMILES string of the molecule is CC(C)CC(C)(CN)NC(=O)CCc1ccc(Cl)cc1. The monoisotopic (exact) mass is 296 g/mol. The lowest BCUT2D eigenvalue weighted by atomic mass is 9.90. The van der Waals surface area contributed by atoms with Crippen molar-refractivity contribution in [1.29, 1.82) is 0 Å². The molecule has 0 heterocycles. The Morgan fingerprint density at radius 3 is 2.45 bits per heavy atom. The van der Waals surface area contributed by atoms with Crippen molar-refractivity contribution in [2.45, 2.75) is 45.6 Å². The minimum atomic E-state index is -0.314. The van der Waals surface area contributed by atoms with E-state index in [1.165, 1.54) is 0 Å². The van der Waals surface area contributed by atoms with Crippen LogP contribution >= 0.6 is 11.6 Å². The summed E-state index contributed by atoms with van der Waals surface area (Å²) < 4.78 is 0. The first-order chi connectivity index (χ1) is 9.34. The Labute approximate surface area is 126 Å². The average molecular weight is 297 g/mol. The summed E-state index contributed by atoms with van der Waals surface area (Å²) in [5.41, 5.74) is 6.60. The van der Waals surface area contributed by atoms with E-state index in [0.717, 1.165) is 12.0 Å². The van der Waals surface area contributed by atoms with Crippen molar-refractivity contribution >= 4 is 17.5 Å². The molecule has 1 aromatic rings.